The first-order valence-corrected chi connectivity index (χ1v) is 36.5. The second-order valence-corrected chi connectivity index (χ2v) is 28.5. The molecule has 3 atom stereocenters. The van der Waals surface area contributed by atoms with E-state index in [1.165, 1.54) is 53.8 Å². The van der Waals surface area contributed by atoms with E-state index in [-0.39, 0.29) is 62.9 Å². The Morgan fingerprint density at radius 1 is 0.714 bits per heavy atom. The summed E-state index contributed by atoms with van der Waals surface area (Å²) < 4.78 is 79.6. The fraction of sp³-hybridized carbons (Fsp3) is 0.269. The molecule has 1 aliphatic heterocycles. The molecule has 23 nitrogen and oxygen atoms in total. The Hall–Kier alpha value is -10.9. The Labute approximate surface area is 614 Å². The molecule has 3 aromatic heterocycles. The van der Waals surface area contributed by atoms with Gasteiger partial charge in [-0.3, -0.25) is 23.8 Å². The first kappa shape index (κ1) is 73.8. The normalized spacial score (nSPS) is 13.8. The van der Waals surface area contributed by atoms with Crippen molar-refractivity contribution in [1.29, 1.82) is 0 Å². The highest BCUT2D eigenvalue weighted by Crippen LogP contribution is 2.49. The van der Waals surface area contributed by atoms with Gasteiger partial charge in [-0.25, -0.2) is 33.9 Å². The molecule has 0 unspecified atom stereocenters. The molecule has 27 heteroatoms. The number of rotatable bonds is 27. The molecule has 1 saturated heterocycles. The Morgan fingerprint density at radius 2 is 1.40 bits per heavy atom. The van der Waals surface area contributed by atoms with Crippen molar-refractivity contribution in [2.45, 2.75) is 76.6 Å². The largest absolute Gasteiger partial charge is 0.496 e. The number of benzene rings is 7. The van der Waals surface area contributed by atoms with E-state index in [0.717, 1.165) is 38.8 Å². The number of nitrogens with zero attached hydrogens (tertiary/aromatic N) is 6. The number of nitrogens with one attached hydrogen (secondary N) is 3. The number of para-hydroxylation sites is 2. The molecular formula is C78H75ClFN9O14S2. The van der Waals surface area contributed by atoms with Crippen LogP contribution in [0.5, 0.6) is 17.2 Å². The number of hydrogen-bond donors (Lipinski definition) is 5. The topological polar surface area (TPSA) is 300 Å². The van der Waals surface area contributed by atoms with Gasteiger partial charge in [-0.1, -0.05) is 129 Å². The van der Waals surface area contributed by atoms with E-state index < -0.39 is 81.3 Å². The number of aromatic nitrogens is 4. The lowest BCUT2D eigenvalue weighted by atomic mass is 9.90. The zero-order valence-corrected chi connectivity index (χ0v) is 60.3. The minimum absolute atomic E-state index is 0.00727. The van der Waals surface area contributed by atoms with E-state index in [9.17, 15) is 46.4 Å². The maximum atomic E-state index is 14.5. The predicted octanol–water partition coefficient (Wildman–Crippen LogP) is 13.2. The summed E-state index contributed by atoms with van der Waals surface area (Å²) in [6.07, 6.45) is 1.62. The highest BCUT2D eigenvalue weighted by Gasteiger charge is 2.34. The number of carbonyl (C=O) groups is 5. The van der Waals surface area contributed by atoms with E-state index in [4.69, 9.17) is 45.3 Å². The van der Waals surface area contributed by atoms with Gasteiger partial charge in [0.2, 0.25) is 11.8 Å². The number of amides is 4. The van der Waals surface area contributed by atoms with Crippen molar-refractivity contribution >= 4 is 78.9 Å². The molecule has 105 heavy (non-hydrogen) atoms. The predicted molar refractivity (Wildman–Crippen MR) is 394 cm³/mol. The molecule has 0 bridgehead atoms. The van der Waals surface area contributed by atoms with Crippen LogP contribution in [0.3, 0.4) is 0 Å². The fourth-order valence-electron chi connectivity index (χ4n) is 13.0. The van der Waals surface area contributed by atoms with E-state index in [0.29, 0.717) is 97.2 Å². The van der Waals surface area contributed by atoms with Crippen molar-refractivity contribution in [2.24, 2.45) is 11.8 Å². The van der Waals surface area contributed by atoms with Crippen LogP contribution in [0.1, 0.15) is 65.9 Å². The van der Waals surface area contributed by atoms with Crippen molar-refractivity contribution < 1.29 is 70.1 Å². The third kappa shape index (κ3) is 17.2. The van der Waals surface area contributed by atoms with Crippen LogP contribution >= 0.6 is 22.9 Å². The van der Waals surface area contributed by atoms with Gasteiger partial charge in [0.05, 0.1) is 35.0 Å². The van der Waals surface area contributed by atoms with Gasteiger partial charge in [0.1, 0.15) is 77.6 Å². The third-order valence-corrected chi connectivity index (χ3v) is 21.1. The van der Waals surface area contributed by atoms with Crippen LogP contribution in [-0.4, -0.2) is 143 Å². The summed E-state index contributed by atoms with van der Waals surface area (Å²) in [5.41, 5.74) is 9.27. The van der Waals surface area contributed by atoms with Gasteiger partial charge in [0, 0.05) is 78.3 Å². The molecule has 10 aromatic rings. The van der Waals surface area contributed by atoms with E-state index in [1.54, 1.807) is 57.5 Å². The lowest BCUT2D eigenvalue weighted by molar-refractivity contribution is -0.141. The van der Waals surface area contributed by atoms with E-state index >= 15 is 0 Å². The number of fused-ring (bicyclic) bond motifs is 4. The molecule has 2 aliphatic rings. The lowest BCUT2D eigenvalue weighted by Crippen LogP contribution is -2.53. The number of carbonyl (C=O) groups excluding carboxylic acids is 4. The van der Waals surface area contributed by atoms with Crippen LogP contribution in [0, 0.1) is 24.6 Å². The summed E-state index contributed by atoms with van der Waals surface area (Å²) in [6, 6.07) is 43.4. The number of carboxylic acids is 1. The number of thiophene rings is 1. The molecule has 1 fully saturated rings. The summed E-state index contributed by atoms with van der Waals surface area (Å²) >= 11 is 8.57. The van der Waals surface area contributed by atoms with Gasteiger partial charge in [0.15, 0.2) is 5.82 Å². The van der Waals surface area contributed by atoms with Gasteiger partial charge >= 0.3 is 18.2 Å². The number of hydrogen-bond acceptors (Lipinski definition) is 18. The van der Waals surface area contributed by atoms with Crippen molar-refractivity contribution in [1.82, 2.24) is 40.4 Å². The number of piperazine rings is 1. The van der Waals surface area contributed by atoms with E-state index in [1.807, 2.05) is 104 Å². The van der Waals surface area contributed by atoms with Gasteiger partial charge in [-0.15, -0.1) is 11.3 Å². The molecule has 12 rings (SSSR count). The molecule has 4 heterocycles. The number of carboxylic acid groups (broad SMARTS) is 1. The molecular weight excluding hydrogens is 1410 g/mol. The summed E-state index contributed by atoms with van der Waals surface area (Å²) in [6.45, 7) is 8.31. The smallest absolute Gasteiger partial charge is 0.410 e. The lowest BCUT2D eigenvalue weighted by Gasteiger charge is -2.34. The standard InChI is InChI=1S/C78H75ClFN9O14S2/c1-45(2)70(87-77(94)102-43-61-58-17-9-7-15-56(58)57-16-8-10-18-59(57)61)74(91)84-47(4)73(90)86-53-27-24-50(66(40-53)105(96,97)98)41-103-78(95)89-34-32-88(33-35-89)36-37-100-65-29-28-55(46(3)69(65)79)67-68-62(82-44-83-75(68)104-71(67)48-22-25-52(80)26-23-48)39-51(76(92)93)38-49-14-6-12-20-63(49)101-42-54-30-31-81-72(85-54)60-19-11-13-21-64(60)99-5/h6-31,40,44-45,47,51,61,70H,32-39,41-43H2,1-5H3,(H,84,91)(H,86,90)(H,87,94)(H,92,93)(H,96,97,98)/t47-,51-,70-/m0/s1. The number of anilines is 1. The summed E-state index contributed by atoms with van der Waals surface area (Å²) in [7, 11) is -3.34. The van der Waals surface area contributed by atoms with Crippen LogP contribution in [0.15, 0.2) is 175 Å². The summed E-state index contributed by atoms with van der Waals surface area (Å²) in [5, 5.41) is 19.6. The molecule has 0 saturated carbocycles. The average molecular weight is 1480 g/mol. The monoisotopic (exact) mass is 1480 g/mol. The Bertz CT molecular complexity index is 4970. The molecule has 542 valence electrons. The third-order valence-electron chi connectivity index (χ3n) is 18.5. The van der Waals surface area contributed by atoms with Crippen molar-refractivity contribution in [3.05, 3.63) is 220 Å². The van der Waals surface area contributed by atoms with Crippen molar-refractivity contribution in [3.63, 3.8) is 0 Å². The number of methoxy groups -OCH3 is 1. The quantitative estimate of drug-likeness (QED) is 0.0299. The molecule has 7 aromatic carbocycles. The van der Waals surface area contributed by atoms with Gasteiger partial charge in [0.25, 0.3) is 10.1 Å². The summed E-state index contributed by atoms with van der Waals surface area (Å²) in [5.74, 6) is -2.49. The highest BCUT2D eigenvalue weighted by atomic mass is 35.5. The van der Waals surface area contributed by atoms with Crippen LogP contribution in [0.4, 0.5) is 19.7 Å². The molecule has 1 aliphatic carbocycles. The molecule has 0 spiro atoms. The summed E-state index contributed by atoms with van der Waals surface area (Å²) in [4.78, 5) is 89.8. The number of halogens is 2. The molecule has 0 radical (unpaired) electrons. The highest BCUT2D eigenvalue weighted by molar-refractivity contribution is 7.85. The first-order chi connectivity index (χ1) is 50.6. The van der Waals surface area contributed by atoms with Crippen LogP contribution in [0.25, 0.3) is 54.3 Å². The number of aliphatic carboxylic acids is 1. The second-order valence-electron chi connectivity index (χ2n) is 25.7. The van der Waals surface area contributed by atoms with Crippen molar-refractivity contribution in [2.75, 3.05) is 58.4 Å². The fourth-order valence-corrected chi connectivity index (χ4v) is 15.1. The SMILES string of the molecule is COc1ccccc1-c1nccc(COc2ccccc2C[C@@H](Cc2ncnc3sc(-c4ccc(F)cc4)c(-c4ccc(OCCN5CCN(C(=O)OCc6ccc(NC(=O)[C@H](C)NC(=O)[C@@H](NC(=O)OCC7c8ccccc8-c8ccccc87)C(C)C)cc6S(=O)(=O)O)CC5)c(Cl)c4C)c23)C(=O)O)n1. The Morgan fingerprint density at radius 3 is 2.10 bits per heavy atom. The van der Waals surface area contributed by atoms with E-state index in [2.05, 4.69) is 30.8 Å². The van der Waals surface area contributed by atoms with Gasteiger partial charge in [-0.2, -0.15) is 8.42 Å². The number of ether oxygens (including phenoxy) is 5. The zero-order valence-electron chi connectivity index (χ0n) is 57.9. The van der Waals surface area contributed by atoms with Crippen LogP contribution in [-0.2, 0) is 60.0 Å². The second kappa shape index (κ2) is 32.8. The van der Waals surface area contributed by atoms with Crippen LogP contribution in [0.2, 0.25) is 5.02 Å². The maximum absolute atomic E-state index is 14.5. The zero-order chi connectivity index (χ0) is 74.1. The molecule has 4 amide bonds. The molecule has 5 N–H and O–H groups in total. The minimum atomic E-state index is -4.93. The first-order valence-electron chi connectivity index (χ1n) is 33.9. The minimum Gasteiger partial charge on any atom is -0.496 e. The average Bonchev–Trinajstić information content (AvgIpc) is 1.63. The number of alkyl carbamates (subject to hydrolysis) is 1. The van der Waals surface area contributed by atoms with Crippen molar-refractivity contribution in [3.8, 4) is 61.3 Å². The van der Waals surface area contributed by atoms with Gasteiger partial charge in [-0.05, 0) is 125 Å². The Kier molecular flexibility index (Phi) is 23.1. The van der Waals surface area contributed by atoms with Gasteiger partial charge < -0.3 is 49.6 Å². The van der Waals surface area contributed by atoms with Crippen LogP contribution < -0.4 is 30.2 Å². The maximum Gasteiger partial charge on any atom is 0.410 e. The Balaban J connectivity index is 0.640.